The zero-order chi connectivity index (χ0) is 13.5. The largest absolute Gasteiger partial charge is 0.390 e. The minimum absolute atomic E-state index is 0.299. The van der Waals surface area contributed by atoms with E-state index in [9.17, 15) is 5.11 Å². The molecule has 1 N–H and O–H groups in total. The van der Waals surface area contributed by atoms with Crippen LogP contribution in [-0.4, -0.2) is 67.5 Å². The second kappa shape index (κ2) is 7.60. The van der Waals surface area contributed by atoms with E-state index in [0.29, 0.717) is 6.54 Å². The molecule has 2 rings (SSSR count). The molecule has 4 nitrogen and oxygen atoms in total. The van der Waals surface area contributed by atoms with Gasteiger partial charge in [-0.1, -0.05) is 30.3 Å². The molecule has 4 heteroatoms. The highest BCUT2D eigenvalue weighted by Gasteiger charge is 2.16. The van der Waals surface area contributed by atoms with Crippen molar-refractivity contribution in [2.45, 2.75) is 12.6 Å². The number of ether oxygens (including phenoxy) is 1. The molecule has 1 aliphatic heterocycles. The average Bonchev–Trinajstić information content (AvgIpc) is 2.40. The van der Waals surface area contributed by atoms with Gasteiger partial charge in [0.1, 0.15) is 0 Å². The van der Waals surface area contributed by atoms with Gasteiger partial charge in [0.15, 0.2) is 0 Å². The fraction of sp³-hybridized carbons (Fsp3) is 0.600. The molecule has 1 aromatic rings. The summed E-state index contributed by atoms with van der Waals surface area (Å²) in [5.74, 6) is 0. The minimum Gasteiger partial charge on any atom is -0.390 e. The Morgan fingerprint density at radius 2 is 1.95 bits per heavy atom. The normalized spacial score (nSPS) is 18.7. The van der Waals surface area contributed by atoms with Crippen molar-refractivity contribution in [1.82, 2.24) is 9.80 Å². The van der Waals surface area contributed by atoms with Crippen LogP contribution in [-0.2, 0) is 11.3 Å². The molecule has 1 saturated heterocycles. The molecule has 19 heavy (non-hydrogen) atoms. The van der Waals surface area contributed by atoms with Gasteiger partial charge in [0.25, 0.3) is 0 Å². The van der Waals surface area contributed by atoms with E-state index >= 15 is 0 Å². The Morgan fingerprint density at radius 3 is 2.63 bits per heavy atom. The molecule has 0 aliphatic carbocycles. The second-order valence-corrected chi connectivity index (χ2v) is 5.25. The summed E-state index contributed by atoms with van der Waals surface area (Å²) in [4.78, 5) is 4.44. The summed E-state index contributed by atoms with van der Waals surface area (Å²) in [6.07, 6.45) is -0.299. The van der Waals surface area contributed by atoms with Gasteiger partial charge in [-0.2, -0.15) is 0 Å². The first-order valence-corrected chi connectivity index (χ1v) is 6.94. The van der Waals surface area contributed by atoms with E-state index in [1.54, 1.807) is 0 Å². The summed E-state index contributed by atoms with van der Waals surface area (Å²) in [7, 11) is 2.05. The Morgan fingerprint density at radius 1 is 1.26 bits per heavy atom. The van der Waals surface area contributed by atoms with Gasteiger partial charge in [-0.3, -0.25) is 9.80 Å². The summed E-state index contributed by atoms with van der Waals surface area (Å²) >= 11 is 0. The summed E-state index contributed by atoms with van der Waals surface area (Å²) in [5.41, 5.74) is 1.28. The van der Waals surface area contributed by atoms with Crippen LogP contribution in [0, 0.1) is 0 Å². The van der Waals surface area contributed by atoms with E-state index in [2.05, 4.69) is 29.0 Å². The quantitative estimate of drug-likeness (QED) is 0.825. The highest BCUT2D eigenvalue weighted by Crippen LogP contribution is 2.04. The first-order chi connectivity index (χ1) is 9.24. The highest BCUT2D eigenvalue weighted by atomic mass is 16.5. The zero-order valence-electron chi connectivity index (χ0n) is 11.7. The molecule has 0 unspecified atom stereocenters. The van der Waals surface area contributed by atoms with Crippen molar-refractivity contribution in [1.29, 1.82) is 0 Å². The number of β-amino-alcohol motifs (C(OH)–C–C–N with tert-alkyl or cyclic N) is 1. The van der Waals surface area contributed by atoms with Crippen LogP contribution in [0.25, 0.3) is 0 Å². The molecule has 0 spiro atoms. The van der Waals surface area contributed by atoms with Crippen molar-refractivity contribution in [3.05, 3.63) is 35.9 Å². The molecule has 1 atom stereocenters. The van der Waals surface area contributed by atoms with Crippen LogP contribution in [0.4, 0.5) is 0 Å². The first kappa shape index (κ1) is 14.5. The molecule has 1 fully saturated rings. The van der Waals surface area contributed by atoms with Crippen LogP contribution in [0.1, 0.15) is 5.56 Å². The van der Waals surface area contributed by atoms with Gasteiger partial charge in [-0.15, -0.1) is 0 Å². The number of aliphatic hydroxyl groups excluding tert-OH is 1. The fourth-order valence-corrected chi connectivity index (χ4v) is 2.46. The predicted molar refractivity (Wildman–Crippen MR) is 76.0 cm³/mol. The van der Waals surface area contributed by atoms with Crippen LogP contribution in [0.15, 0.2) is 30.3 Å². The number of morpholine rings is 1. The molecule has 1 aliphatic rings. The lowest BCUT2D eigenvalue weighted by Gasteiger charge is -2.30. The van der Waals surface area contributed by atoms with Crippen LogP contribution in [0.3, 0.4) is 0 Å². The number of nitrogens with zero attached hydrogens (tertiary/aromatic N) is 2. The highest BCUT2D eigenvalue weighted by molar-refractivity contribution is 5.14. The van der Waals surface area contributed by atoms with E-state index in [0.717, 1.165) is 39.4 Å². The van der Waals surface area contributed by atoms with Gasteiger partial charge in [0, 0.05) is 32.7 Å². The third kappa shape index (κ3) is 5.28. The summed E-state index contributed by atoms with van der Waals surface area (Å²) in [6.45, 7) is 5.74. The molecule has 0 amide bonds. The lowest BCUT2D eigenvalue weighted by atomic mass is 10.2. The van der Waals surface area contributed by atoms with E-state index in [4.69, 9.17) is 4.74 Å². The lowest BCUT2D eigenvalue weighted by Crippen LogP contribution is -2.43. The number of aliphatic hydroxyl groups is 1. The van der Waals surface area contributed by atoms with Crippen molar-refractivity contribution < 1.29 is 9.84 Å². The van der Waals surface area contributed by atoms with Crippen LogP contribution < -0.4 is 0 Å². The van der Waals surface area contributed by atoms with Crippen molar-refractivity contribution in [2.75, 3.05) is 46.4 Å². The zero-order valence-corrected chi connectivity index (χ0v) is 11.7. The fourth-order valence-electron chi connectivity index (χ4n) is 2.46. The molecule has 0 radical (unpaired) electrons. The number of rotatable bonds is 6. The maximum absolute atomic E-state index is 10.1. The topological polar surface area (TPSA) is 35.9 Å². The standard InChI is InChI=1S/C15H24N2O2/c1-16(11-14-5-3-2-4-6-14)12-15(18)13-17-7-9-19-10-8-17/h2-6,15,18H,7-13H2,1H3/t15-/m0/s1. The summed E-state index contributed by atoms with van der Waals surface area (Å²) in [5, 5.41) is 10.1. The molecular weight excluding hydrogens is 240 g/mol. The molecule has 106 valence electrons. The van der Waals surface area contributed by atoms with Crippen molar-refractivity contribution in [3.63, 3.8) is 0 Å². The van der Waals surface area contributed by atoms with E-state index in [1.807, 2.05) is 18.2 Å². The second-order valence-electron chi connectivity index (χ2n) is 5.25. The number of hydrogen-bond acceptors (Lipinski definition) is 4. The Hall–Kier alpha value is -0.940. The Kier molecular flexibility index (Phi) is 5.79. The smallest absolute Gasteiger partial charge is 0.0793 e. The van der Waals surface area contributed by atoms with Crippen molar-refractivity contribution in [3.8, 4) is 0 Å². The van der Waals surface area contributed by atoms with E-state index < -0.39 is 0 Å². The Labute approximate surface area is 115 Å². The first-order valence-electron chi connectivity index (χ1n) is 6.94. The lowest BCUT2D eigenvalue weighted by molar-refractivity contribution is 0.00825. The van der Waals surface area contributed by atoms with Gasteiger partial charge in [0.2, 0.25) is 0 Å². The van der Waals surface area contributed by atoms with Gasteiger partial charge in [0.05, 0.1) is 19.3 Å². The van der Waals surface area contributed by atoms with Crippen molar-refractivity contribution in [2.24, 2.45) is 0 Å². The van der Waals surface area contributed by atoms with Crippen LogP contribution in [0.2, 0.25) is 0 Å². The molecule has 0 bridgehead atoms. The van der Waals surface area contributed by atoms with Gasteiger partial charge in [-0.05, 0) is 12.6 Å². The molecular formula is C15H24N2O2. The Balaban J connectivity index is 1.70. The maximum Gasteiger partial charge on any atom is 0.0793 e. The van der Waals surface area contributed by atoms with Gasteiger partial charge >= 0.3 is 0 Å². The van der Waals surface area contributed by atoms with Gasteiger partial charge < -0.3 is 9.84 Å². The molecule has 1 aromatic carbocycles. The third-order valence-electron chi connectivity index (χ3n) is 3.39. The number of hydrogen-bond donors (Lipinski definition) is 1. The third-order valence-corrected chi connectivity index (χ3v) is 3.39. The van der Waals surface area contributed by atoms with E-state index in [-0.39, 0.29) is 6.10 Å². The Bertz CT molecular complexity index is 352. The monoisotopic (exact) mass is 264 g/mol. The molecule has 0 saturated carbocycles. The average molecular weight is 264 g/mol. The maximum atomic E-state index is 10.1. The van der Waals surface area contributed by atoms with Crippen molar-refractivity contribution >= 4 is 0 Å². The molecule has 1 heterocycles. The van der Waals surface area contributed by atoms with Crippen LogP contribution >= 0.6 is 0 Å². The molecule has 0 aromatic heterocycles. The predicted octanol–water partition coefficient (Wildman–Crippen LogP) is 0.811. The summed E-state index contributed by atoms with van der Waals surface area (Å²) in [6, 6.07) is 10.4. The van der Waals surface area contributed by atoms with Gasteiger partial charge in [-0.25, -0.2) is 0 Å². The number of benzene rings is 1. The van der Waals surface area contributed by atoms with E-state index in [1.165, 1.54) is 5.56 Å². The number of likely N-dealkylation sites (N-methyl/N-ethyl adjacent to an activating group) is 1. The summed E-state index contributed by atoms with van der Waals surface area (Å²) < 4.78 is 5.31. The van der Waals surface area contributed by atoms with Crippen LogP contribution in [0.5, 0.6) is 0 Å². The minimum atomic E-state index is -0.299. The SMILES string of the molecule is CN(Cc1ccccc1)C[C@H](O)CN1CCOCC1.